The van der Waals surface area contributed by atoms with E-state index in [0.29, 0.717) is 16.8 Å². The highest BCUT2D eigenvalue weighted by Gasteiger charge is 2.38. The molecule has 0 spiro atoms. The molecule has 0 saturated heterocycles. The van der Waals surface area contributed by atoms with E-state index in [1.54, 1.807) is 18.2 Å². The Morgan fingerprint density at radius 3 is 2.47 bits per heavy atom. The minimum atomic E-state index is -0.237. The van der Waals surface area contributed by atoms with Gasteiger partial charge in [0, 0.05) is 11.7 Å². The van der Waals surface area contributed by atoms with Crippen LogP contribution in [0.25, 0.3) is 0 Å². The van der Waals surface area contributed by atoms with Crippen molar-refractivity contribution in [3.8, 4) is 0 Å². The number of hydrogen-bond donors (Lipinski definition) is 1. The molecule has 0 aromatic heterocycles. The number of benzene rings is 1. The number of fused-ring (bicyclic) bond motifs is 1. The average Bonchev–Trinajstić information content (AvgIpc) is 2.59. The molecule has 1 unspecified atom stereocenters. The fourth-order valence-corrected chi connectivity index (χ4v) is 2.25. The molecule has 5 nitrogen and oxygen atoms in total. The summed E-state index contributed by atoms with van der Waals surface area (Å²) in [4.78, 5) is 27.9. The van der Waals surface area contributed by atoms with Crippen molar-refractivity contribution in [2.24, 2.45) is 0 Å². The van der Waals surface area contributed by atoms with E-state index >= 15 is 0 Å². The van der Waals surface area contributed by atoms with Gasteiger partial charge in [0.2, 0.25) is 0 Å². The molecule has 0 saturated carbocycles. The smallest absolute Gasteiger partial charge is 0.261 e. The van der Waals surface area contributed by atoms with Crippen LogP contribution >= 0.6 is 0 Å². The summed E-state index contributed by atoms with van der Waals surface area (Å²) < 4.78 is 0. The Kier molecular flexibility index (Phi) is 3.57. The van der Waals surface area contributed by atoms with Gasteiger partial charge >= 0.3 is 0 Å². The molecule has 2 amide bonds. The van der Waals surface area contributed by atoms with Crippen LogP contribution in [0.2, 0.25) is 0 Å². The van der Waals surface area contributed by atoms with Crippen LogP contribution in [0.3, 0.4) is 0 Å². The molecule has 2 rings (SSSR count). The normalized spacial score (nSPS) is 16.1. The van der Waals surface area contributed by atoms with Crippen molar-refractivity contribution in [3.63, 3.8) is 0 Å². The third kappa shape index (κ3) is 2.46. The first kappa shape index (κ1) is 13.5. The predicted molar refractivity (Wildman–Crippen MR) is 74.0 cm³/mol. The van der Waals surface area contributed by atoms with Crippen LogP contribution in [0.1, 0.15) is 34.1 Å². The number of carbonyl (C=O) groups excluding carboxylic acids is 2. The lowest BCUT2D eigenvalue weighted by Crippen LogP contribution is -2.39. The number of rotatable bonds is 4. The molecule has 0 aliphatic carbocycles. The van der Waals surface area contributed by atoms with Gasteiger partial charge in [0.05, 0.1) is 11.1 Å². The lowest BCUT2D eigenvalue weighted by Gasteiger charge is -2.23. The second-order valence-electron chi connectivity index (χ2n) is 5.23. The van der Waals surface area contributed by atoms with Gasteiger partial charge in [-0.3, -0.25) is 14.5 Å². The highest BCUT2D eigenvalue weighted by Crippen LogP contribution is 2.27. The lowest BCUT2D eigenvalue weighted by molar-refractivity contribution is 0.0584. The van der Waals surface area contributed by atoms with E-state index in [1.807, 2.05) is 25.9 Å². The van der Waals surface area contributed by atoms with Gasteiger partial charge in [-0.2, -0.15) is 0 Å². The van der Waals surface area contributed by atoms with Gasteiger partial charge in [-0.25, -0.2) is 0 Å². The number of imide groups is 1. The van der Waals surface area contributed by atoms with E-state index in [9.17, 15) is 9.59 Å². The van der Waals surface area contributed by atoms with Gasteiger partial charge in [0.1, 0.15) is 0 Å². The largest absolute Gasteiger partial charge is 0.399 e. The Labute approximate surface area is 113 Å². The van der Waals surface area contributed by atoms with Crippen LogP contribution in [0.5, 0.6) is 0 Å². The molecule has 1 aromatic rings. The number of nitrogens with two attached hydrogens (primary N) is 1. The quantitative estimate of drug-likeness (QED) is 0.653. The molecule has 0 radical (unpaired) electrons. The van der Waals surface area contributed by atoms with Crippen LogP contribution in [-0.4, -0.2) is 48.3 Å². The highest BCUT2D eigenvalue weighted by atomic mass is 16.2. The molecule has 5 heteroatoms. The van der Waals surface area contributed by atoms with Gasteiger partial charge in [0.15, 0.2) is 0 Å². The third-order valence-electron chi connectivity index (χ3n) is 3.38. The number of amides is 2. The maximum absolute atomic E-state index is 12.3. The molecule has 1 aliphatic heterocycles. The van der Waals surface area contributed by atoms with Crippen molar-refractivity contribution < 1.29 is 9.59 Å². The molecule has 1 heterocycles. The minimum absolute atomic E-state index is 0.115. The number of nitrogens with zero attached hydrogens (tertiary/aromatic N) is 2. The molecule has 0 bridgehead atoms. The molecule has 19 heavy (non-hydrogen) atoms. The Morgan fingerprint density at radius 2 is 1.84 bits per heavy atom. The molecule has 102 valence electrons. The fourth-order valence-electron chi connectivity index (χ4n) is 2.25. The third-order valence-corrected chi connectivity index (χ3v) is 3.38. The van der Waals surface area contributed by atoms with E-state index in [0.717, 1.165) is 13.0 Å². The van der Waals surface area contributed by atoms with E-state index in [4.69, 9.17) is 5.73 Å². The Hall–Kier alpha value is -1.88. The van der Waals surface area contributed by atoms with Gasteiger partial charge in [0.25, 0.3) is 11.8 Å². The summed E-state index contributed by atoms with van der Waals surface area (Å²) in [6.07, 6.45) is 0.758. The number of hydrogen-bond acceptors (Lipinski definition) is 4. The van der Waals surface area contributed by atoms with Crippen molar-refractivity contribution in [1.82, 2.24) is 9.80 Å². The molecular weight excluding hydrogens is 242 g/mol. The minimum Gasteiger partial charge on any atom is -0.399 e. The first-order valence-electron chi connectivity index (χ1n) is 6.34. The summed E-state index contributed by atoms with van der Waals surface area (Å²) in [5.41, 5.74) is 7.05. The topological polar surface area (TPSA) is 66.6 Å². The second kappa shape index (κ2) is 5.01. The first-order chi connectivity index (χ1) is 8.91. The Morgan fingerprint density at radius 1 is 1.21 bits per heavy atom. The first-order valence-corrected chi connectivity index (χ1v) is 6.34. The van der Waals surface area contributed by atoms with Crippen LogP contribution in [0, 0.1) is 0 Å². The van der Waals surface area contributed by atoms with Crippen molar-refractivity contribution in [2.45, 2.75) is 19.4 Å². The van der Waals surface area contributed by atoms with Crippen molar-refractivity contribution >= 4 is 17.5 Å². The molecule has 2 N–H and O–H groups in total. The summed E-state index contributed by atoms with van der Waals surface area (Å²) in [6, 6.07) is 4.74. The van der Waals surface area contributed by atoms with Crippen LogP contribution in [0.15, 0.2) is 18.2 Å². The average molecular weight is 261 g/mol. The highest BCUT2D eigenvalue weighted by molar-refractivity contribution is 6.21. The van der Waals surface area contributed by atoms with Crippen LogP contribution in [-0.2, 0) is 0 Å². The van der Waals surface area contributed by atoms with E-state index in [1.165, 1.54) is 4.90 Å². The second-order valence-corrected chi connectivity index (χ2v) is 5.23. The predicted octanol–water partition coefficient (Wildman–Crippen LogP) is 1.20. The zero-order valence-corrected chi connectivity index (χ0v) is 11.5. The van der Waals surface area contributed by atoms with Crippen LogP contribution in [0.4, 0.5) is 5.69 Å². The van der Waals surface area contributed by atoms with Gasteiger partial charge in [-0.05, 0) is 52.2 Å². The fraction of sp³-hybridized carbons (Fsp3) is 0.429. The SMILES string of the molecule is CC(CCN(C)C)N1C(=O)c2ccc(N)cc2C1=O. The van der Waals surface area contributed by atoms with Crippen molar-refractivity contribution in [2.75, 3.05) is 26.4 Å². The summed E-state index contributed by atoms with van der Waals surface area (Å²) in [5.74, 6) is -0.454. The monoisotopic (exact) mass is 261 g/mol. The van der Waals surface area contributed by atoms with Crippen molar-refractivity contribution in [3.05, 3.63) is 29.3 Å². The summed E-state index contributed by atoms with van der Waals surface area (Å²) in [6.45, 7) is 2.73. The molecule has 1 aliphatic rings. The van der Waals surface area contributed by atoms with Gasteiger partial charge < -0.3 is 10.6 Å². The van der Waals surface area contributed by atoms with Gasteiger partial charge in [-0.15, -0.1) is 0 Å². The maximum atomic E-state index is 12.3. The molecule has 1 aromatic carbocycles. The lowest BCUT2D eigenvalue weighted by atomic mass is 10.1. The maximum Gasteiger partial charge on any atom is 0.261 e. The summed E-state index contributed by atoms with van der Waals surface area (Å²) in [7, 11) is 3.94. The zero-order chi connectivity index (χ0) is 14.2. The molecule has 1 atom stereocenters. The van der Waals surface area contributed by atoms with E-state index in [2.05, 4.69) is 0 Å². The Bertz CT molecular complexity index is 525. The summed E-state index contributed by atoms with van der Waals surface area (Å²) >= 11 is 0. The Balaban J connectivity index is 2.22. The standard InChI is InChI=1S/C14H19N3O2/c1-9(6-7-16(2)3)17-13(18)11-5-4-10(15)8-12(11)14(17)19/h4-5,8-9H,6-7,15H2,1-3H3. The van der Waals surface area contributed by atoms with Crippen molar-refractivity contribution in [1.29, 1.82) is 0 Å². The van der Waals surface area contributed by atoms with E-state index in [-0.39, 0.29) is 17.9 Å². The summed E-state index contributed by atoms with van der Waals surface area (Å²) in [5, 5.41) is 0. The number of anilines is 1. The van der Waals surface area contributed by atoms with E-state index < -0.39 is 0 Å². The molecule has 0 fully saturated rings. The van der Waals surface area contributed by atoms with Crippen LogP contribution < -0.4 is 5.73 Å². The molecular formula is C14H19N3O2. The zero-order valence-electron chi connectivity index (χ0n) is 11.5. The number of carbonyl (C=O) groups is 2. The number of nitrogen functional groups attached to an aromatic ring is 1. The van der Waals surface area contributed by atoms with Gasteiger partial charge in [-0.1, -0.05) is 0 Å².